The van der Waals surface area contributed by atoms with Gasteiger partial charge in [0, 0.05) is 5.56 Å². The van der Waals surface area contributed by atoms with Crippen molar-refractivity contribution in [2.45, 2.75) is 13.3 Å². The summed E-state index contributed by atoms with van der Waals surface area (Å²) in [7, 11) is 1.61. The summed E-state index contributed by atoms with van der Waals surface area (Å²) in [5, 5.41) is 2.19. The molecule has 2 aromatic carbocycles. The van der Waals surface area contributed by atoms with Gasteiger partial charge in [-0.25, -0.2) is 0 Å². The smallest absolute Gasteiger partial charge is 0.310 e. The number of hydrogen-bond donors (Lipinski definition) is 0. The molecule has 2 aromatic rings. The molecule has 0 amide bonds. The fraction of sp³-hybridized carbons (Fsp3) is 0.267. The zero-order chi connectivity index (χ0) is 13.0. The minimum absolute atomic E-state index is 0.230. The number of esters is 1. The molecule has 0 aliphatic carbocycles. The molecule has 0 heterocycles. The monoisotopic (exact) mass is 244 g/mol. The first-order valence-corrected chi connectivity index (χ1v) is 5.96. The van der Waals surface area contributed by atoms with E-state index in [2.05, 4.69) is 0 Å². The van der Waals surface area contributed by atoms with Crippen LogP contribution >= 0.6 is 0 Å². The number of benzene rings is 2. The topological polar surface area (TPSA) is 35.5 Å². The molecule has 0 saturated heterocycles. The molecule has 0 aromatic heterocycles. The Balaban J connectivity index is 2.38. The van der Waals surface area contributed by atoms with Crippen LogP contribution in [-0.2, 0) is 16.0 Å². The summed E-state index contributed by atoms with van der Waals surface area (Å²) >= 11 is 0. The summed E-state index contributed by atoms with van der Waals surface area (Å²) in [5.41, 5.74) is 0.856. The van der Waals surface area contributed by atoms with Crippen LogP contribution < -0.4 is 4.74 Å². The highest BCUT2D eigenvalue weighted by Gasteiger charge is 2.10. The second kappa shape index (κ2) is 5.54. The number of carbonyl (C=O) groups is 1. The highest BCUT2D eigenvalue weighted by Crippen LogP contribution is 2.26. The van der Waals surface area contributed by atoms with Gasteiger partial charge in [0.1, 0.15) is 5.75 Å². The summed E-state index contributed by atoms with van der Waals surface area (Å²) in [4.78, 5) is 11.5. The van der Waals surface area contributed by atoms with Crippen molar-refractivity contribution in [1.29, 1.82) is 0 Å². The van der Waals surface area contributed by atoms with Crippen molar-refractivity contribution in [3.05, 3.63) is 42.0 Å². The number of ether oxygens (including phenoxy) is 2. The first kappa shape index (κ1) is 12.4. The van der Waals surface area contributed by atoms with Crippen molar-refractivity contribution in [1.82, 2.24) is 0 Å². The molecule has 3 heteroatoms. The molecule has 18 heavy (non-hydrogen) atoms. The van der Waals surface area contributed by atoms with E-state index in [1.54, 1.807) is 14.0 Å². The predicted octanol–water partition coefficient (Wildman–Crippen LogP) is 2.95. The SMILES string of the molecule is CCOC(=O)Cc1cc2ccccc2cc1OC. The van der Waals surface area contributed by atoms with Crippen LogP contribution in [0.4, 0.5) is 0 Å². The van der Waals surface area contributed by atoms with Crippen molar-refractivity contribution in [2.75, 3.05) is 13.7 Å². The van der Waals surface area contributed by atoms with Crippen molar-refractivity contribution in [2.24, 2.45) is 0 Å². The maximum absolute atomic E-state index is 11.5. The molecule has 0 aliphatic heterocycles. The van der Waals surface area contributed by atoms with E-state index in [1.165, 1.54) is 0 Å². The maximum atomic E-state index is 11.5. The molecule has 0 spiro atoms. The molecule has 0 saturated carbocycles. The number of carbonyl (C=O) groups excluding carboxylic acids is 1. The van der Waals surface area contributed by atoms with Gasteiger partial charge in [0.05, 0.1) is 20.1 Å². The Hall–Kier alpha value is -2.03. The lowest BCUT2D eigenvalue weighted by Gasteiger charge is -2.10. The van der Waals surface area contributed by atoms with E-state index in [4.69, 9.17) is 9.47 Å². The van der Waals surface area contributed by atoms with Crippen LogP contribution in [-0.4, -0.2) is 19.7 Å². The molecule has 0 radical (unpaired) electrons. The second-order valence-corrected chi connectivity index (χ2v) is 3.99. The van der Waals surface area contributed by atoms with Gasteiger partial charge >= 0.3 is 5.97 Å². The third-order valence-corrected chi connectivity index (χ3v) is 2.79. The maximum Gasteiger partial charge on any atom is 0.310 e. The number of methoxy groups -OCH3 is 1. The van der Waals surface area contributed by atoms with Crippen LogP contribution in [0.3, 0.4) is 0 Å². The van der Waals surface area contributed by atoms with E-state index in [0.29, 0.717) is 6.61 Å². The van der Waals surface area contributed by atoms with Gasteiger partial charge in [-0.1, -0.05) is 24.3 Å². The third-order valence-electron chi connectivity index (χ3n) is 2.79. The molecular weight excluding hydrogens is 228 g/mol. The minimum Gasteiger partial charge on any atom is -0.496 e. The predicted molar refractivity (Wildman–Crippen MR) is 70.8 cm³/mol. The van der Waals surface area contributed by atoms with Gasteiger partial charge in [0.25, 0.3) is 0 Å². The van der Waals surface area contributed by atoms with E-state index in [-0.39, 0.29) is 12.4 Å². The Kier molecular flexibility index (Phi) is 3.82. The third kappa shape index (κ3) is 2.62. The highest BCUT2D eigenvalue weighted by molar-refractivity contribution is 5.86. The fourth-order valence-electron chi connectivity index (χ4n) is 1.96. The molecule has 0 fully saturated rings. The fourth-order valence-corrected chi connectivity index (χ4v) is 1.96. The Labute approximate surface area is 106 Å². The van der Waals surface area contributed by atoms with Gasteiger partial charge in [0.2, 0.25) is 0 Å². The van der Waals surface area contributed by atoms with Gasteiger partial charge in [0.15, 0.2) is 0 Å². The highest BCUT2D eigenvalue weighted by atomic mass is 16.5. The van der Waals surface area contributed by atoms with Crippen LogP contribution in [0.2, 0.25) is 0 Å². The molecule has 3 nitrogen and oxygen atoms in total. The average Bonchev–Trinajstić information content (AvgIpc) is 2.38. The molecule has 94 valence electrons. The lowest BCUT2D eigenvalue weighted by molar-refractivity contribution is -0.142. The van der Waals surface area contributed by atoms with Crippen LogP contribution in [0.25, 0.3) is 10.8 Å². The van der Waals surface area contributed by atoms with Crippen LogP contribution in [0, 0.1) is 0 Å². The van der Waals surface area contributed by atoms with Crippen molar-refractivity contribution in [3.8, 4) is 5.75 Å². The Morgan fingerprint density at radius 3 is 2.44 bits per heavy atom. The van der Waals surface area contributed by atoms with E-state index in [9.17, 15) is 4.79 Å². The first-order valence-electron chi connectivity index (χ1n) is 5.96. The van der Waals surface area contributed by atoms with E-state index < -0.39 is 0 Å². The lowest BCUT2D eigenvalue weighted by Crippen LogP contribution is -2.08. The van der Waals surface area contributed by atoms with E-state index in [1.807, 2.05) is 36.4 Å². The lowest BCUT2D eigenvalue weighted by atomic mass is 10.0. The molecule has 0 bridgehead atoms. The van der Waals surface area contributed by atoms with E-state index >= 15 is 0 Å². The standard InChI is InChI=1S/C15H16O3/c1-3-18-15(16)10-13-8-11-6-4-5-7-12(11)9-14(13)17-2/h4-9H,3,10H2,1-2H3. The minimum atomic E-state index is -0.230. The van der Waals surface area contributed by atoms with Gasteiger partial charge in [-0.3, -0.25) is 4.79 Å². The number of hydrogen-bond acceptors (Lipinski definition) is 3. The van der Waals surface area contributed by atoms with Crippen molar-refractivity contribution < 1.29 is 14.3 Å². The summed E-state index contributed by atoms with van der Waals surface area (Å²) in [6.45, 7) is 2.20. The summed E-state index contributed by atoms with van der Waals surface area (Å²) in [5.74, 6) is 0.493. The van der Waals surface area contributed by atoms with Gasteiger partial charge in [-0.2, -0.15) is 0 Å². The number of fused-ring (bicyclic) bond motifs is 1. The molecular formula is C15H16O3. The van der Waals surface area contributed by atoms with Gasteiger partial charge in [-0.15, -0.1) is 0 Å². The first-order chi connectivity index (χ1) is 8.74. The largest absolute Gasteiger partial charge is 0.496 e. The summed E-state index contributed by atoms with van der Waals surface area (Å²) < 4.78 is 10.3. The van der Waals surface area contributed by atoms with Crippen LogP contribution in [0.5, 0.6) is 5.75 Å². The zero-order valence-corrected chi connectivity index (χ0v) is 10.6. The van der Waals surface area contributed by atoms with Crippen molar-refractivity contribution in [3.63, 3.8) is 0 Å². The normalized spacial score (nSPS) is 10.3. The van der Waals surface area contributed by atoms with Crippen molar-refractivity contribution >= 4 is 16.7 Å². The average molecular weight is 244 g/mol. The van der Waals surface area contributed by atoms with Gasteiger partial charge in [-0.05, 0) is 29.8 Å². The quantitative estimate of drug-likeness (QED) is 0.776. The molecule has 0 unspecified atom stereocenters. The molecule has 2 rings (SSSR count). The molecule has 0 atom stereocenters. The molecule has 0 aliphatic rings. The van der Waals surface area contributed by atoms with Gasteiger partial charge < -0.3 is 9.47 Å². The summed E-state index contributed by atoms with van der Waals surface area (Å²) in [6, 6.07) is 11.9. The molecule has 0 N–H and O–H groups in total. The van der Waals surface area contributed by atoms with E-state index in [0.717, 1.165) is 22.1 Å². The second-order valence-electron chi connectivity index (χ2n) is 3.99. The Morgan fingerprint density at radius 2 is 1.83 bits per heavy atom. The Bertz CT molecular complexity index is 561. The summed E-state index contributed by atoms with van der Waals surface area (Å²) in [6.07, 6.45) is 0.238. The van der Waals surface area contributed by atoms with Crippen LogP contribution in [0.15, 0.2) is 36.4 Å². The van der Waals surface area contributed by atoms with Crippen LogP contribution in [0.1, 0.15) is 12.5 Å². The number of rotatable bonds is 4. The Morgan fingerprint density at radius 1 is 1.17 bits per heavy atom. The zero-order valence-electron chi connectivity index (χ0n) is 10.6.